The predicted octanol–water partition coefficient (Wildman–Crippen LogP) is 2.77. The van der Waals surface area contributed by atoms with E-state index >= 15 is 0 Å². The second-order valence-corrected chi connectivity index (χ2v) is 5.17. The maximum atomic E-state index is 11.9. The monoisotopic (exact) mass is 326 g/mol. The number of methoxy groups -OCH3 is 1. The van der Waals surface area contributed by atoms with Crippen molar-refractivity contribution in [1.82, 2.24) is 9.38 Å². The molecule has 0 aliphatic carbocycles. The number of hydrogen-bond acceptors (Lipinski definition) is 5. The van der Waals surface area contributed by atoms with Crippen LogP contribution in [0.2, 0.25) is 0 Å². The summed E-state index contributed by atoms with van der Waals surface area (Å²) in [7, 11) is 1.55. The van der Waals surface area contributed by atoms with Gasteiger partial charge in [0.25, 0.3) is 0 Å². The van der Waals surface area contributed by atoms with Gasteiger partial charge < -0.3 is 18.6 Å². The van der Waals surface area contributed by atoms with Crippen LogP contribution in [-0.4, -0.2) is 29.1 Å². The molecule has 3 rings (SSSR count). The number of carbonyl (C=O) groups excluding carboxylic acids is 1. The first-order valence-electron chi connectivity index (χ1n) is 7.53. The molecule has 0 saturated carbocycles. The Morgan fingerprint density at radius 3 is 2.67 bits per heavy atom. The molecule has 1 aromatic carbocycles. The topological polar surface area (TPSA) is 62.1 Å². The molecule has 0 unspecified atom stereocenters. The molecule has 0 N–H and O–H groups in total. The Kier molecular flexibility index (Phi) is 4.65. The van der Waals surface area contributed by atoms with Gasteiger partial charge in [-0.05, 0) is 31.2 Å². The zero-order valence-electron chi connectivity index (χ0n) is 13.6. The number of para-hydroxylation sites is 2. The van der Waals surface area contributed by atoms with Crippen molar-refractivity contribution in [2.45, 2.75) is 13.5 Å². The van der Waals surface area contributed by atoms with E-state index in [-0.39, 0.29) is 13.2 Å². The number of rotatable bonds is 6. The van der Waals surface area contributed by atoms with Crippen molar-refractivity contribution >= 4 is 11.6 Å². The highest BCUT2D eigenvalue weighted by atomic mass is 16.6. The first-order valence-corrected chi connectivity index (χ1v) is 7.53. The summed E-state index contributed by atoms with van der Waals surface area (Å²) < 4.78 is 17.8. The largest absolute Gasteiger partial charge is 0.493 e. The van der Waals surface area contributed by atoms with Gasteiger partial charge in [0.1, 0.15) is 12.3 Å². The van der Waals surface area contributed by atoms with Gasteiger partial charge in [-0.1, -0.05) is 18.2 Å². The molecule has 124 valence electrons. The minimum atomic E-state index is -0.453. The van der Waals surface area contributed by atoms with Gasteiger partial charge in [0.2, 0.25) is 0 Å². The minimum absolute atomic E-state index is 0.144. The molecule has 2 heterocycles. The zero-order valence-corrected chi connectivity index (χ0v) is 13.6. The second kappa shape index (κ2) is 7.04. The van der Waals surface area contributed by atoms with E-state index in [1.165, 1.54) is 0 Å². The molecule has 0 bridgehead atoms. The van der Waals surface area contributed by atoms with Gasteiger partial charge in [-0.25, -0.2) is 9.78 Å². The Morgan fingerprint density at radius 1 is 1.12 bits per heavy atom. The van der Waals surface area contributed by atoms with E-state index in [0.717, 1.165) is 17.0 Å². The van der Waals surface area contributed by atoms with Crippen LogP contribution in [0.1, 0.15) is 11.4 Å². The van der Waals surface area contributed by atoms with Crippen LogP contribution in [0.5, 0.6) is 11.5 Å². The third-order valence-corrected chi connectivity index (χ3v) is 3.61. The van der Waals surface area contributed by atoms with Crippen molar-refractivity contribution in [3.8, 4) is 11.5 Å². The van der Waals surface area contributed by atoms with E-state index in [9.17, 15) is 4.79 Å². The third kappa shape index (κ3) is 3.32. The zero-order chi connectivity index (χ0) is 16.9. The number of nitrogens with zero attached hydrogens (tertiary/aromatic N) is 2. The lowest BCUT2D eigenvalue weighted by Gasteiger charge is -2.10. The lowest BCUT2D eigenvalue weighted by atomic mass is 10.3. The number of benzene rings is 1. The van der Waals surface area contributed by atoms with Crippen molar-refractivity contribution in [2.75, 3.05) is 13.7 Å². The summed E-state index contributed by atoms with van der Waals surface area (Å²) in [6.45, 7) is 1.85. The van der Waals surface area contributed by atoms with Gasteiger partial charge in [-0.2, -0.15) is 0 Å². The van der Waals surface area contributed by atoms with Crippen molar-refractivity contribution in [1.29, 1.82) is 0 Å². The quantitative estimate of drug-likeness (QED) is 0.652. The van der Waals surface area contributed by atoms with E-state index in [2.05, 4.69) is 4.98 Å². The van der Waals surface area contributed by atoms with E-state index in [4.69, 9.17) is 14.2 Å². The molecule has 0 aliphatic rings. The molecule has 0 spiro atoms. The average molecular weight is 326 g/mol. The summed E-state index contributed by atoms with van der Waals surface area (Å²) in [4.78, 5) is 16.4. The number of esters is 1. The molecule has 6 heteroatoms. The van der Waals surface area contributed by atoms with Crippen LogP contribution in [0.4, 0.5) is 0 Å². The molecule has 2 aromatic heterocycles. The Hall–Kier alpha value is -3.02. The highest BCUT2D eigenvalue weighted by molar-refractivity contribution is 5.71. The molecule has 0 radical (unpaired) electrons. The molecular weight excluding hydrogens is 308 g/mol. The van der Waals surface area contributed by atoms with Gasteiger partial charge in [0.05, 0.1) is 18.5 Å². The smallest absolute Gasteiger partial charge is 0.344 e. The van der Waals surface area contributed by atoms with Gasteiger partial charge in [-0.15, -0.1) is 0 Å². The molecule has 0 amide bonds. The Balaban J connectivity index is 1.60. The Labute approximate surface area is 139 Å². The predicted molar refractivity (Wildman–Crippen MR) is 88.2 cm³/mol. The molecule has 0 saturated heterocycles. The first kappa shape index (κ1) is 15.9. The van der Waals surface area contributed by atoms with Gasteiger partial charge in [-0.3, -0.25) is 0 Å². The lowest BCUT2D eigenvalue weighted by Crippen LogP contribution is -2.15. The molecule has 6 nitrogen and oxygen atoms in total. The number of pyridine rings is 1. The van der Waals surface area contributed by atoms with Crippen LogP contribution in [0.25, 0.3) is 5.65 Å². The fourth-order valence-corrected chi connectivity index (χ4v) is 2.40. The fraction of sp³-hybridized carbons (Fsp3) is 0.222. The number of imidazole rings is 1. The summed E-state index contributed by atoms with van der Waals surface area (Å²) in [5.41, 5.74) is 2.50. The number of aryl methyl sites for hydroxylation is 1. The number of hydrogen-bond donors (Lipinski definition) is 0. The van der Waals surface area contributed by atoms with Crippen LogP contribution in [0.15, 0.2) is 48.7 Å². The summed E-state index contributed by atoms with van der Waals surface area (Å²) in [6, 6.07) is 12.9. The number of fused-ring (bicyclic) bond motifs is 1. The number of ether oxygens (including phenoxy) is 3. The Morgan fingerprint density at radius 2 is 1.88 bits per heavy atom. The van der Waals surface area contributed by atoms with Crippen LogP contribution in [0, 0.1) is 6.92 Å². The van der Waals surface area contributed by atoms with Crippen molar-refractivity contribution < 1.29 is 19.0 Å². The van der Waals surface area contributed by atoms with Crippen molar-refractivity contribution in [2.24, 2.45) is 0 Å². The van der Waals surface area contributed by atoms with Crippen LogP contribution >= 0.6 is 0 Å². The molecule has 24 heavy (non-hydrogen) atoms. The highest BCUT2D eigenvalue weighted by Gasteiger charge is 2.12. The molecule has 0 atom stereocenters. The van der Waals surface area contributed by atoms with E-state index in [1.54, 1.807) is 19.2 Å². The number of carbonyl (C=O) groups is 1. The normalized spacial score (nSPS) is 10.6. The SMILES string of the molecule is COc1ccccc1OCC(=O)OCc1c(C)nc2ccccn12. The third-order valence-electron chi connectivity index (χ3n) is 3.61. The average Bonchev–Trinajstić information content (AvgIpc) is 2.93. The maximum absolute atomic E-state index is 11.9. The Bertz CT molecular complexity index is 857. The van der Waals surface area contributed by atoms with E-state index < -0.39 is 5.97 Å². The summed E-state index contributed by atoms with van der Waals surface area (Å²) in [5, 5.41) is 0. The van der Waals surface area contributed by atoms with E-state index in [0.29, 0.717) is 11.5 Å². The van der Waals surface area contributed by atoms with Crippen LogP contribution in [-0.2, 0) is 16.1 Å². The van der Waals surface area contributed by atoms with E-state index in [1.807, 2.05) is 47.9 Å². The highest BCUT2D eigenvalue weighted by Crippen LogP contribution is 2.25. The fourth-order valence-electron chi connectivity index (χ4n) is 2.40. The number of aromatic nitrogens is 2. The second-order valence-electron chi connectivity index (χ2n) is 5.17. The van der Waals surface area contributed by atoms with Crippen molar-refractivity contribution in [3.05, 3.63) is 60.0 Å². The van der Waals surface area contributed by atoms with Crippen LogP contribution < -0.4 is 9.47 Å². The molecule has 3 aromatic rings. The maximum Gasteiger partial charge on any atom is 0.344 e. The van der Waals surface area contributed by atoms with Crippen molar-refractivity contribution in [3.63, 3.8) is 0 Å². The lowest BCUT2D eigenvalue weighted by molar-refractivity contribution is -0.147. The van der Waals surface area contributed by atoms with Crippen LogP contribution in [0.3, 0.4) is 0 Å². The molecule has 0 aliphatic heterocycles. The standard InChI is InChI=1S/C18H18N2O4/c1-13-14(20-10-6-5-9-17(20)19-13)11-24-18(21)12-23-16-8-4-3-7-15(16)22-2/h3-10H,11-12H2,1-2H3. The summed E-state index contributed by atoms with van der Waals surface area (Å²) in [6.07, 6.45) is 1.89. The van der Waals surface area contributed by atoms with Gasteiger partial charge in [0, 0.05) is 6.20 Å². The molecule has 0 fully saturated rings. The summed E-state index contributed by atoms with van der Waals surface area (Å²) in [5.74, 6) is 0.622. The minimum Gasteiger partial charge on any atom is -0.493 e. The first-order chi connectivity index (χ1) is 11.7. The van der Waals surface area contributed by atoms with Gasteiger partial charge >= 0.3 is 5.97 Å². The van der Waals surface area contributed by atoms with Gasteiger partial charge in [0.15, 0.2) is 18.1 Å². The molecular formula is C18H18N2O4. The summed E-state index contributed by atoms with van der Waals surface area (Å²) >= 11 is 0.